The summed E-state index contributed by atoms with van der Waals surface area (Å²) in [4.78, 5) is 10.4. The van der Waals surface area contributed by atoms with Crippen molar-refractivity contribution < 1.29 is 26.2 Å². The molecule has 4 nitrogen and oxygen atoms in total. The van der Waals surface area contributed by atoms with Gasteiger partial charge in [-0.3, -0.25) is 9.55 Å². The van der Waals surface area contributed by atoms with Crippen molar-refractivity contribution in [1.82, 2.24) is 14.5 Å². The minimum Gasteiger partial charge on any atom is -0.507 e. The van der Waals surface area contributed by atoms with Crippen LogP contribution >= 0.6 is 0 Å². The number of aromatic nitrogens is 3. The van der Waals surface area contributed by atoms with Gasteiger partial charge in [0.05, 0.1) is 16.6 Å². The van der Waals surface area contributed by atoms with Gasteiger partial charge in [0.1, 0.15) is 11.6 Å². The van der Waals surface area contributed by atoms with Crippen molar-refractivity contribution in [2.75, 3.05) is 0 Å². The van der Waals surface area contributed by atoms with Crippen LogP contribution in [0.25, 0.3) is 61.6 Å². The number of aromatic hydroxyl groups is 1. The van der Waals surface area contributed by atoms with Gasteiger partial charge in [0.15, 0.2) is 0 Å². The topological polar surface area (TPSA) is 50.9 Å². The van der Waals surface area contributed by atoms with Crippen LogP contribution in [0.5, 0.6) is 5.75 Å². The van der Waals surface area contributed by atoms with E-state index in [-0.39, 0.29) is 43.6 Å². The zero-order valence-electron chi connectivity index (χ0n) is 33.6. The summed E-state index contributed by atoms with van der Waals surface area (Å²) in [6.07, 6.45) is 1.89. The molecule has 0 aliphatic rings. The number of pyridine rings is 1. The molecule has 5 heteroatoms. The molecular weight excluding hydrogens is 878 g/mol. The van der Waals surface area contributed by atoms with Crippen LogP contribution in [-0.4, -0.2) is 19.6 Å². The van der Waals surface area contributed by atoms with Crippen molar-refractivity contribution in [3.8, 4) is 56.3 Å². The van der Waals surface area contributed by atoms with Gasteiger partial charge in [-0.1, -0.05) is 163 Å². The Morgan fingerprint density at radius 1 is 0.614 bits per heavy atom. The molecule has 0 spiro atoms. The van der Waals surface area contributed by atoms with Gasteiger partial charge in [-0.05, 0) is 69.3 Å². The van der Waals surface area contributed by atoms with Crippen LogP contribution in [0.1, 0.15) is 76.6 Å². The average Bonchev–Trinajstić information content (AvgIpc) is 3.60. The van der Waals surface area contributed by atoms with E-state index in [9.17, 15) is 5.11 Å². The first-order chi connectivity index (χ1) is 26.9. The summed E-state index contributed by atoms with van der Waals surface area (Å²) < 4.78 is 2.19. The van der Waals surface area contributed by atoms with E-state index in [0.717, 1.165) is 66.9 Å². The van der Waals surface area contributed by atoms with Gasteiger partial charge in [0.25, 0.3) is 0 Å². The van der Waals surface area contributed by atoms with Gasteiger partial charge >= 0.3 is 0 Å². The van der Waals surface area contributed by atoms with Crippen LogP contribution in [0.2, 0.25) is 0 Å². The molecule has 8 rings (SSSR count). The molecule has 1 unspecified atom stereocenters. The van der Waals surface area contributed by atoms with E-state index in [1.165, 1.54) is 5.56 Å². The molecule has 0 aliphatic heterocycles. The molecule has 0 saturated heterocycles. The van der Waals surface area contributed by atoms with Crippen molar-refractivity contribution in [3.05, 3.63) is 180 Å². The quantitative estimate of drug-likeness (QED) is 0.162. The maximum atomic E-state index is 12.2. The zero-order chi connectivity index (χ0) is 39.2. The number of phenols is 1. The van der Waals surface area contributed by atoms with E-state index in [1.807, 2.05) is 30.5 Å². The average molecular weight is 926 g/mol. The van der Waals surface area contributed by atoms with Crippen LogP contribution in [-0.2, 0) is 31.9 Å². The maximum Gasteiger partial charge on any atom is 0.148 e. The molecule has 288 valence electrons. The molecule has 2 heterocycles. The molecule has 0 fully saturated rings. The number of benzene rings is 6. The molecule has 57 heavy (non-hydrogen) atoms. The Morgan fingerprint density at radius 3 is 1.93 bits per heavy atom. The molecule has 6 aromatic carbocycles. The van der Waals surface area contributed by atoms with Crippen molar-refractivity contribution in [1.29, 1.82) is 0 Å². The van der Waals surface area contributed by atoms with E-state index < -0.39 is 0 Å². The predicted molar refractivity (Wildman–Crippen MR) is 232 cm³/mol. The first-order valence-electron chi connectivity index (χ1n) is 19.5. The fourth-order valence-electron chi connectivity index (χ4n) is 7.59. The van der Waals surface area contributed by atoms with E-state index in [2.05, 4.69) is 180 Å². The van der Waals surface area contributed by atoms with Crippen molar-refractivity contribution in [3.63, 3.8) is 0 Å². The Bertz CT molecular complexity index is 2670. The van der Waals surface area contributed by atoms with Crippen molar-refractivity contribution >= 4 is 11.0 Å². The number of hydrogen-bond acceptors (Lipinski definition) is 3. The Morgan fingerprint density at radius 2 is 1.26 bits per heavy atom. The van der Waals surface area contributed by atoms with Gasteiger partial charge in [-0.2, -0.15) is 0 Å². The second-order valence-corrected chi connectivity index (χ2v) is 16.9. The molecule has 1 N–H and O–H groups in total. The Kier molecular flexibility index (Phi) is 11.0. The number of para-hydroxylation sites is 2. The molecule has 2 aromatic heterocycles. The normalized spacial score (nSPS) is 12.3. The van der Waals surface area contributed by atoms with E-state index >= 15 is 0 Å². The van der Waals surface area contributed by atoms with Gasteiger partial charge in [-0.25, -0.2) is 4.98 Å². The summed E-state index contributed by atoms with van der Waals surface area (Å²) in [5.41, 5.74) is 13.4. The largest absolute Gasteiger partial charge is 0.507 e. The summed E-state index contributed by atoms with van der Waals surface area (Å²) in [6.45, 7) is 15.4. The Hall–Kier alpha value is -5.57. The zero-order valence-corrected chi connectivity index (χ0v) is 35.9. The van der Waals surface area contributed by atoms with Crippen molar-refractivity contribution in [2.45, 2.75) is 65.2 Å². The molecular formula is C52H48N3OPt-. The summed E-state index contributed by atoms with van der Waals surface area (Å²) in [5.74, 6) is 1.07. The van der Waals surface area contributed by atoms with E-state index in [1.54, 1.807) is 0 Å². The number of rotatable bonds is 7. The summed E-state index contributed by atoms with van der Waals surface area (Å²) >= 11 is 0. The van der Waals surface area contributed by atoms with Crippen LogP contribution in [0, 0.1) is 6.07 Å². The summed E-state index contributed by atoms with van der Waals surface area (Å²) in [6, 6.07) is 54.6. The van der Waals surface area contributed by atoms with Crippen LogP contribution < -0.4 is 0 Å². The minimum atomic E-state index is -0.290. The minimum absolute atomic E-state index is 0. The number of phenolic OH excluding ortho intramolecular Hbond substituents is 1. The second kappa shape index (κ2) is 15.8. The predicted octanol–water partition coefficient (Wildman–Crippen LogP) is 13.3. The third kappa shape index (κ3) is 7.89. The maximum absolute atomic E-state index is 12.2. The SMILES string of the molecule is CC(c1ccccc1)c1cc(-c2cc(-c3ccccc3)ccn2)[c-]c(-c2cccc3c2nc(-c2cc(C(C)(C)C)cc(C(C)(C)C)c2O)n3-c2ccccc2)c1.[Pt]. The standard InChI is InChI=1S/C52H48N3O.Pt/c1-34(35-18-11-8-12-19-35)38-28-39(30-40(29-38)46-31-37(26-27-53-46)36-20-13-9-14-21-36)43-24-17-25-47-48(43)54-50(55(47)42-22-15-10-16-23-42)44-32-41(51(2,3)4)33-45(49(44)56)52(5,6)7;/h8-29,31-34,56H,1-7H3;/q-1;. The van der Waals surface area contributed by atoms with Gasteiger partial charge < -0.3 is 5.11 Å². The van der Waals surface area contributed by atoms with E-state index in [4.69, 9.17) is 9.97 Å². The summed E-state index contributed by atoms with van der Waals surface area (Å²) in [7, 11) is 0. The van der Waals surface area contributed by atoms with Gasteiger partial charge in [0.2, 0.25) is 0 Å². The van der Waals surface area contributed by atoms with Gasteiger partial charge in [0, 0.05) is 44.2 Å². The molecule has 0 aliphatic carbocycles. The van der Waals surface area contributed by atoms with Crippen LogP contribution in [0.3, 0.4) is 0 Å². The number of imidazole rings is 1. The second-order valence-electron chi connectivity index (χ2n) is 16.9. The third-order valence-electron chi connectivity index (χ3n) is 10.8. The molecule has 8 aromatic rings. The number of fused-ring (bicyclic) bond motifs is 1. The molecule has 0 bridgehead atoms. The first-order valence-corrected chi connectivity index (χ1v) is 19.5. The van der Waals surface area contributed by atoms with Crippen LogP contribution in [0.4, 0.5) is 0 Å². The first kappa shape index (κ1) is 39.7. The Labute approximate surface area is 351 Å². The molecule has 0 saturated carbocycles. The summed E-state index contributed by atoms with van der Waals surface area (Å²) in [5, 5.41) is 12.2. The molecule has 0 amide bonds. The monoisotopic (exact) mass is 925 g/mol. The van der Waals surface area contributed by atoms with Gasteiger partial charge in [-0.15, -0.1) is 29.3 Å². The van der Waals surface area contributed by atoms with Crippen molar-refractivity contribution in [2.24, 2.45) is 0 Å². The number of hydrogen-bond donors (Lipinski definition) is 1. The fourth-order valence-corrected chi connectivity index (χ4v) is 7.59. The number of nitrogens with zero attached hydrogens (tertiary/aromatic N) is 3. The van der Waals surface area contributed by atoms with E-state index in [0.29, 0.717) is 11.4 Å². The van der Waals surface area contributed by atoms with Crippen LogP contribution in [0.15, 0.2) is 152 Å². The molecule has 1 atom stereocenters. The fraction of sp³-hybridized carbons (Fsp3) is 0.192. The smallest absolute Gasteiger partial charge is 0.148 e. The Balaban J connectivity index is 0.00000496. The third-order valence-corrected chi connectivity index (χ3v) is 10.8. The molecule has 0 radical (unpaired) electrons.